The second kappa shape index (κ2) is 14.8. The van der Waals surface area contributed by atoms with E-state index >= 15 is 0 Å². The topological polar surface area (TPSA) is 215 Å². The summed E-state index contributed by atoms with van der Waals surface area (Å²) in [6.07, 6.45) is 0.792. The molecule has 1 aromatic rings. The molecule has 0 aliphatic carbocycles. The van der Waals surface area contributed by atoms with Crippen molar-refractivity contribution in [2.75, 3.05) is 12.3 Å². The molecule has 0 heterocycles. The van der Waals surface area contributed by atoms with Gasteiger partial charge in [-0.3, -0.25) is 24.2 Å². The molecule has 0 bridgehead atoms. The smallest absolute Gasteiger partial charge is 0.325 e. The van der Waals surface area contributed by atoms with E-state index in [4.69, 9.17) is 22.3 Å². The minimum absolute atomic E-state index is 0.0912. The number of amides is 3. The SMILES string of the molecule is CC(NC(=O)C(CS)NC(=O)C(CCCN=C(N)N)NC(=O)C(N)Cc1ccccc1)C(=O)O. The molecule has 10 N–H and O–H groups in total. The zero-order chi connectivity index (χ0) is 25.7. The zero-order valence-electron chi connectivity index (χ0n) is 18.9. The lowest BCUT2D eigenvalue weighted by Gasteiger charge is -2.24. The van der Waals surface area contributed by atoms with Crippen LogP contribution in [0.15, 0.2) is 35.3 Å². The number of nitrogens with zero attached hydrogens (tertiary/aromatic N) is 1. The van der Waals surface area contributed by atoms with E-state index in [1.165, 1.54) is 6.92 Å². The van der Waals surface area contributed by atoms with E-state index in [2.05, 4.69) is 33.6 Å². The van der Waals surface area contributed by atoms with Gasteiger partial charge in [0.25, 0.3) is 0 Å². The average Bonchev–Trinajstić information content (AvgIpc) is 2.79. The molecular weight excluding hydrogens is 462 g/mol. The summed E-state index contributed by atoms with van der Waals surface area (Å²) in [6, 6.07) is 4.96. The third-order valence-electron chi connectivity index (χ3n) is 4.76. The third-order valence-corrected chi connectivity index (χ3v) is 5.12. The normalized spacial score (nSPS) is 14.1. The predicted molar refractivity (Wildman–Crippen MR) is 131 cm³/mol. The van der Waals surface area contributed by atoms with Crippen LogP contribution in [-0.4, -0.2) is 71.2 Å². The van der Waals surface area contributed by atoms with Crippen LogP contribution in [0.3, 0.4) is 0 Å². The number of aliphatic imine (C=N–C) groups is 1. The van der Waals surface area contributed by atoms with Crippen LogP contribution in [0.2, 0.25) is 0 Å². The molecule has 0 aliphatic rings. The third kappa shape index (κ3) is 10.5. The van der Waals surface area contributed by atoms with Crippen LogP contribution in [0.25, 0.3) is 0 Å². The molecule has 0 fully saturated rings. The number of rotatable bonds is 14. The molecule has 0 saturated heterocycles. The van der Waals surface area contributed by atoms with Gasteiger partial charge >= 0.3 is 5.97 Å². The van der Waals surface area contributed by atoms with Crippen molar-refractivity contribution < 1.29 is 24.3 Å². The Morgan fingerprint density at radius 3 is 2.15 bits per heavy atom. The molecule has 188 valence electrons. The maximum atomic E-state index is 12.9. The number of nitrogens with two attached hydrogens (primary N) is 3. The van der Waals surface area contributed by atoms with Gasteiger partial charge in [-0.15, -0.1) is 0 Å². The maximum absolute atomic E-state index is 12.9. The first-order valence-electron chi connectivity index (χ1n) is 10.6. The van der Waals surface area contributed by atoms with Gasteiger partial charge in [0.1, 0.15) is 18.1 Å². The number of hydrogen-bond acceptors (Lipinski definition) is 7. The van der Waals surface area contributed by atoms with Crippen molar-refractivity contribution in [3.63, 3.8) is 0 Å². The molecular formula is C21H33N7O5S. The fourth-order valence-electron chi connectivity index (χ4n) is 2.85. The van der Waals surface area contributed by atoms with Crippen LogP contribution in [0, 0.1) is 0 Å². The van der Waals surface area contributed by atoms with Crippen LogP contribution in [0.4, 0.5) is 0 Å². The van der Waals surface area contributed by atoms with Gasteiger partial charge in [0.2, 0.25) is 17.7 Å². The molecule has 4 unspecified atom stereocenters. The lowest BCUT2D eigenvalue weighted by molar-refractivity contribution is -0.141. The van der Waals surface area contributed by atoms with Gasteiger partial charge in [0, 0.05) is 12.3 Å². The van der Waals surface area contributed by atoms with E-state index in [-0.39, 0.29) is 31.1 Å². The Hall–Kier alpha value is -3.32. The fraction of sp³-hybridized carbons (Fsp3) is 0.476. The van der Waals surface area contributed by atoms with Crippen LogP contribution in [0.1, 0.15) is 25.3 Å². The Labute approximate surface area is 203 Å². The van der Waals surface area contributed by atoms with Crippen molar-refractivity contribution >= 4 is 42.3 Å². The largest absolute Gasteiger partial charge is 0.480 e. The summed E-state index contributed by atoms with van der Waals surface area (Å²) in [4.78, 5) is 52.7. The van der Waals surface area contributed by atoms with Crippen LogP contribution in [0.5, 0.6) is 0 Å². The van der Waals surface area contributed by atoms with Crippen molar-refractivity contribution in [1.29, 1.82) is 0 Å². The predicted octanol–water partition coefficient (Wildman–Crippen LogP) is -1.90. The van der Waals surface area contributed by atoms with E-state index < -0.39 is 47.9 Å². The fourth-order valence-corrected chi connectivity index (χ4v) is 3.11. The number of carboxylic acids is 1. The van der Waals surface area contributed by atoms with Gasteiger partial charge in [-0.05, 0) is 31.7 Å². The molecule has 4 atom stereocenters. The first-order chi connectivity index (χ1) is 16.0. The molecule has 0 aliphatic heterocycles. The molecule has 0 spiro atoms. The second-order valence-corrected chi connectivity index (χ2v) is 7.98. The van der Waals surface area contributed by atoms with Crippen molar-refractivity contribution in [3.8, 4) is 0 Å². The van der Waals surface area contributed by atoms with Crippen molar-refractivity contribution in [1.82, 2.24) is 16.0 Å². The molecule has 1 aromatic carbocycles. The lowest BCUT2D eigenvalue weighted by atomic mass is 10.0. The van der Waals surface area contributed by atoms with E-state index in [1.54, 1.807) is 0 Å². The first-order valence-corrected chi connectivity index (χ1v) is 11.3. The molecule has 3 amide bonds. The van der Waals surface area contributed by atoms with E-state index in [0.29, 0.717) is 6.42 Å². The Bertz CT molecular complexity index is 864. The van der Waals surface area contributed by atoms with Crippen molar-refractivity contribution in [2.24, 2.45) is 22.2 Å². The quantitative estimate of drug-likeness (QED) is 0.0629. The lowest BCUT2D eigenvalue weighted by Crippen LogP contribution is -2.57. The summed E-state index contributed by atoms with van der Waals surface area (Å²) in [5, 5.41) is 16.3. The second-order valence-electron chi connectivity index (χ2n) is 7.62. The summed E-state index contributed by atoms with van der Waals surface area (Å²) >= 11 is 4.06. The van der Waals surface area contributed by atoms with Gasteiger partial charge in [0.15, 0.2) is 5.96 Å². The summed E-state index contributed by atoms with van der Waals surface area (Å²) in [6.45, 7) is 1.52. The van der Waals surface area contributed by atoms with E-state index in [1.807, 2.05) is 30.3 Å². The Kier molecular flexibility index (Phi) is 12.5. The first kappa shape index (κ1) is 28.7. The minimum Gasteiger partial charge on any atom is -0.480 e. The number of aliphatic carboxylic acids is 1. The van der Waals surface area contributed by atoms with Gasteiger partial charge in [0.05, 0.1) is 6.04 Å². The highest BCUT2D eigenvalue weighted by Gasteiger charge is 2.28. The van der Waals surface area contributed by atoms with E-state index in [9.17, 15) is 19.2 Å². The monoisotopic (exact) mass is 495 g/mol. The maximum Gasteiger partial charge on any atom is 0.325 e. The molecule has 13 heteroatoms. The van der Waals surface area contributed by atoms with Crippen LogP contribution >= 0.6 is 12.6 Å². The molecule has 0 radical (unpaired) electrons. The summed E-state index contributed by atoms with van der Waals surface area (Å²) < 4.78 is 0. The van der Waals surface area contributed by atoms with Crippen LogP contribution < -0.4 is 33.2 Å². The summed E-state index contributed by atoms with van der Waals surface area (Å²) in [5.74, 6) is -3.33. The molecule has 12 nitrogen and oxygen atoms in total. The Balaban J connectivity index is 2.86. The average molecular weight is 496 g/mol. The highest BCUT2D eigenvalue weighted by atomic mass is 32.1. The number of benzene rings is 1. The number of guanidine groups is 1. The van der Waals surface area contributed by atoms with Gasteiger partial charge in [-0.2, -0.15) is 12.6 Å². The van der Waals surface area contributed by atoms with Crippen LogP contribution in [-0.2, 0) is 25.6 Å². The Morgan fingerprint density at radius 1 is 1.00 bits per heavy atom. The number of carboxylic acid groups (broad SMARTS) is 1. The van der Waals surface area contributed by atoms with Crippen molar-refractivity contribution in [2.45, 2.75) is 50.4 Å². The standard InChI is InChI=1S/C21H33N7O5S/c1-12(20(32)33)26-19(31)16(11-34)28-18(30)15(8-5-9-25-21(23)24)27-17(29)14(22)10-13-6-3-2-4-7-13/h2-4,6-7,12,14-16,34H,5,8-11,22H2,1H3,(H,26,31)(H,27,29)(H,28,30)(H,32,33)(H4,23,24,25). The number of hydrogen-bond donors (Lipinski definition) is 8. The highest BCUT2D eigenvalue weighted by Crippen LogP contribution is 2.05. The molecule has 1 rings (SSSR count). The van der Waals surface area contributed by atoms with Crippen molar-refractivity contribution in [3.05, 3.63) is 35.9 Å². The Morgan fingerprint density at radius 2 is 1.59 bits per heavy atom. The van der Waals surface area contributed by atoms with E-state index in [0.717, 1.165) is 5.56 Å². The number of carbonyl (C=O) groups excluding carboxylic acids is 3. The van der Waals surface area contributed by atoms with Gasteiger partial charge in [-0.1, -0.05) is 30.3 Å². The number of nitrogens with one attached hydrogen (secondary N) is 3. The van der Waals surface area contributed by atoms with Gasteiger partial charge in [-0.25, -0.2) is 0 Å². The minimum atomic E-state index is -1.23. The van der Waals surface area contributed by atoms with Gasteiger partial charge < -0.3 is 38.3 Å². The summed E-state index contributed by atoms with van der Waals surface area (Å²) in [7, 11) is 0. The molecule has 34 heavy (non-hydrogen) atoms. The molecule has 0 aromatic heterocycles. The zero-order valence-corrected chi connectivity index (χ0v) is 19.8. The molecule has 0 saturated carbocycles. The number of carbonyl (C=O) groups is 4. The summed E-state index contributed by atoms with van der Waals surface area (Å²) in [5.41, 5.74) is 17.5. The number of thiol groups is 1. The highest BCUT2D eigenvalue weighted by molar-refractivity contribution is 7.80.